The molecule has 0 amide bonds. The molecule has 1 heterocycles. The zero-order valence-electron chi connectivity index (χ0n) is 11.6. The van der Waals surface area contributed by atoms with Crippen LogP contribution in [0, 0.1) is 0 Å². The minimum Gasteiger partial charge on any atom is -0.389 e. The standard InChI is InChI=1S/C15H20N2O3/c1-17(9-14-7-8-20-16-14)10-15(18)12-19-11-13-5-3-2-4-6-13/h2-8,15,18H,9-12H2,1H3. The zero-order valence-corrected chi connectivity index (χ0v) is 11.6. The van der Waals surface area contributed by atoms with Gasteiger partial charge in [0.1, 0.15) is 6.26 Å². The maximum Gasteiger partial charge on any atom is 0.124 e. The summed E-state index contributed by atoms with van der Waals surface area (Å²) in [6.07, 6.45) is 1.03. The van der Waals surface area contributed by atoms with Gasteiger partial charge in [-0.3, -0.25) is 4.90 Å². The fourth-order valence-electron chi connectivity index (χ4n) is 1.96. The number of nitrogens with zero attached hydrogens (tertiary/aromatic N) is 2. The van der Waals surface area contributed by atoms with Gasteiger partial charge in [-0.25, -0.2) is 0 Å². The average Bonchev–Trinajstić information content (AvgIpc) is 2.92. The molecule has 1 aromatic carbocycles. The lowest BCUT2D eigenvalue weighted by atomic mass is 10.2. The van der Waals surface area contributed by atoms with Gasteiger partial charge in [0, 0.05) is 19.2 Å². The second-order valence-corrected chi connectivity index (χ2v) is 4.84. The van der Waals surface area contributed by atoms with Crippen molar-refractivity contribution in [1.82, 2.24) is 10.1 Å². The number of ether oxygens (including phenoxy) is 1. The van der Waals surface area contributed by atoms with E-state index in [-0.39, 0.29) is 0 Å². The van der Waals surface area contributed by atoms with E-state index in [4.69, 9.17) is 9.26 Å². The minimum atomic E-state index is -0.518. The van der Waals surface area contributed by atoms with E-state index in [9.17, 15) is 5.11 Å². The van der Waals surface area contributed by atoms with Gasteiger partial charge < -0.3 is 14.4 Å². The maximum absolute atomic E-state index is 9.92. The van der Waals surface area contributed by atoms with Crippen LogP contribution in [0.15, 0.2) is 47.2 Å². The molecule has 0 radical (unpaired) electrons. The number of likely N-dealkylation sites (N-methyl/N-ethyl adjacent to an activating group) is 1. The van der Waals surface area contributed by atoms with E-state index in [1.54, 1.807) is 6.26 Å². The SMILES string of the molecule is CN(Cc1ccon1)CC(O)COCc1ccccc1. The Morgan fingerprint density at radius 2 is 2.10 bits per heavy atom. The summed E-state index contributed by atoms with van der Waals surface area (Å²) >= 11 is 0. The normalized spacial score (nSPS) is 12.8. The Morgan fingerprint density at radius 1 is 1.30 bits per heavy atom. The van der Waals surface area contributed by atoms with Crippen molar-refractivity contribution in [3.63, 3.8) is 0 Å². The average molecular weight is 276 g/mol. The second-order valence-electron chi connectivity index (χ2n) is 4.84. The highest BCUT2D eigenvalue weighted by atomic mass is 16.5. The maximum atomic E-state index is 9.92. The fraction of sp³-hybridized carbons (Fsp3) is 0.400. The smallest absolute Gasteiger partial charge is 0.124 e. The van der Waals surface area contributed by atoms with Crippen molar-refractivity contribution >= 4 is 0 Å². The molecule has 0 aliphatic rings. The molecule has 0 bridgehead atoms. The number of hydrogen-bond donors (Lipinski definition) is 1. The van der Waals surface area contributed by atoms with Gasteiger partial charge in [-0.15, -0.1) is 0 Å². The Labute approximate surface area is 118 Å². The van der Waals surface area contributed by atoms with E-state index in [1.807, 2.05) is 48.3 Å². The minimum absolute atomic E-state index is 0.318. The molecule has 5 heteroatoms. The Morgan fingerprint density at radius 3 is 2.80 bits per heavy atom. The van der Waals surface area contributed by atoms with E-state index < -0.39 is 6.10 Å². The number of aliphatic hydroxyl groups is 1. The van der Waals surface area contributed by atoms with E-state index >= 15 is 0 Å². The number of benzene rings is 1. The highest BCUT2D eigenvalue weighted by Gasteiger charge is 2.10. The molecule has 0 aliphatic heterocycles. The Kier molecular flexibility index (Phi) is 5.73. The van der Waals surface area contributed by atoms with Crippen LogP contribution in [-0.4, -0.2) is 41.5 Å². The lowest BCUT2D eigenvalue weighted by Gasteiger charge is -2.19. The summed E-state index contributed by atoms with van der Waals surface area (Å²) in [6, 6.07) is 11.7. The van der Waals surface area contributed by atoms with Crippen LogP contribution in [0.4, 0.5) is 0 Å². The lowest BCUT2D eigenvalue weighted by Crippen LogP contribution is -2.31. The number of rotatable bonds is 8. The van der Waals surface area contributed by atoms with E-state index in [1.165, 1.54) is 0 Å². The molecule has 1 unspecified atom stereocenters. The number of hydrogen-bond acceptors (Lipinski definition) is 5. The molecule has 2 rings (SSSR count). The van der Waals surface area contributed by atoms with Gasteiger partial charge in [0.15, 0.2) is 0 Å². The molecule has 2 aromatic rings. The molecule has 108 valence electrons. The third kappa shape index (κ3) is 5.13. The van der Waals surface area contributed by atoms with Crippen LogP contribution in [0.1, 0.15) is 11.3 Å². The summed E-state index contributed by atoms with van der Waals surface area (Å²) < 4.78 is 10.3. The van der Waals surface area contributed by atoms with Crippen LogP contribution >= 0.6 is 0 Å². The zero-order chi connectivity index (χ0) is 14.2. The van der Waals surface area contributed by atoms with Gasteiger partial charge in [-0.1, -0.05) is 35.5 Å². The van der Waals surface area contributed by atoms with Crippen molar-refractivity contribution in [1.29, 1.82) is 0 Å². The largest absolute Gasteiger partial charge is 0.389 e. The van der Waals surface area contributed by atoms with Crippen molar-refractivity contribution < 1.29 is 14.4 Å². The molecule has 0 spiro atoms. The molecule has 5 nitrogen and oxygen atoms in total. The van der Waals surface area contributed by atoms with Crippen LogP contribution in [0.5, 0.6) is 0 Å². The van der Waals surface area contributed by atoms with Gasteiger partial charge in [0.25, 0.3) is 0 Å². The summed E-state index contributed by atoms with van der Waals surface area (Å²) in [5, 5.41) is 13.8. The molecule has 1 atom stereocenters. The molecular weight excluding hydrogens is 256 g/mol. The van der Waals surface area contributed by atoms with Crippen molar-refractivity contribution in [2.24, 2.45) is 0 Å². The summed E-state index contributed by atoms with van der Waals surface area (Å²) in [4.78, 5) is 1.98. The lowest BCUT2D eigenvalue weighted by molar-refractivity contribution is 0.0124. The molecule has 0 fully saturated rings. The van der Waals surface area contributed by atoms with Gasteiger partial charge in [-0.05, 0) is 12.6 Å². The molecule has 1 N–H and O–H groups in total. The van der Waals surface area contributed by atoms with Crippen molar-refractivity contribution in [2.75, 3.05) is 20.2 Å². The summed E-state index contributed by atoms with van der Waals surface area (Å²) in [5.74, 6) is 0. The third-order valence-corrected chi connectivity index (χ3v) is 2.87. The first kappa shape index (κ1) is 14.7. The van der Waals surface area contributed by atoms with Crippen LogP contribution in [0.2, 0.25) is 0 Å². The Hall–Kier alpha value is -1.69. The van der Waals surface area contributed by atoms with Crippen LogP contribution in [-0.2, 0) is 17.9 Å². The van der Waals surface area contributed by atoms with Gasteiger partial charge in [0.2, 0.25) is 0 Å². The van der Waals surface area contributed by atoms with E-state index in [2.05, 4.69) is 5.16 Å². The van der Waals surface area contributed by atoms with E-state index in [0.29, 0.717) is 26.3 Å². The molecule has 0 saturated heterocycles. The Balaban J connectivity index is 1.63. The van der Waals surface area contributed by atoms with Crippen LogP contribution in [0.25, 0.3) is 0 Å². The van der Waals surface area contributed by atoms with Crippen molar-refractivity contribution in [3.8, 4) is 0 Å². The first-order chi connectivity index (χ1) is 9.74. The fourth-order valence-corrected chi connectivity index (χ4v) is 1.96. The van der Waals surface area contributed by atoms with E-state index in [0.717, 1.165) is 11.3 Å². The highest BCUT2D eigenvalue weighted by molar-refractivity contribution is 5.13. The number of aromatic nitrogens is 1. The third-order valence-electron chi connectivity index (χ3n) is 2.87. The summed E-state index contributed by atoms with van der Waals surface area (Å²) in [5.41, 5.74) is 1.96. The second kappa shape index (κ2) is 7.79. The summed E-state index contributed by atoms with van der Waals surface area (Å²) in [7, 11) is 1.93. The summed E-state index contributed by atoms with van der Waals surface area (Å²) in [6.45, 7) is 2.01. The van der Waals surface area contributed by atoms with Gasteiger partial charge in [0.05, 0.1) is 25.0 Å². The monoisotopic (exact) mass is 276 g/mol. The molecule has 0 saturated carbocycles. The van der Waals surface area contributed by atoms with Gasteiger partial charge >= 0.3 is 0 Å². The highest BCUT2D eigenvalue weighted by Crippen LogP contribution is 2.03. The van der Waals surface area contributed by atoms with Crippen molar-refractivity contribution in [2.45, 2.75) is 19.3 Å². The molecule has 20 heavy (non-hydrogen) atoms. The topological polar surface area (TPSA) is 58.7 Å². The molecule has 1 aromatic heterocycles. The quantitative estimate of drug-likeness (QED) is 0.795. The Bertz CT molecular complexity index is 473. The van der Waals surface area contributed by atoms with Crippen LogP contribution < -0.4 is 0 Å². The molecular formula is C15H20N2O3. The number of aliphatic hydroxyl groups excluding tert-OH is 1. The predicted molar refractivity (Wildman–Crippen MR) is 74.9 cm³/mol. The van der Waals surface area contributed by atoms with Crippen molar-refractivity contribution in [3.05, 3.63) is 53.9 Å². The molecule has 0 aliphatic carbocycles. The first-order valence-electron chi connectivity index (χ1n) is 6.61. The van der Waals surface area contributed by atoms with Gasteiger partial charge in [-0.2, -0.15) is 0 Å². The predicted octanol–water partition coefficient (Wildman–Crippen LogP) is 1.68. The first-order valence-corrected chi connectivity index (χ1v) is 6.61. The van der Waals surface area contributed by atoms with Crippen LogP contribution in [0.3, 0.4) is 0 Å².